The number of guanidine groups is 1. The maximum absolute atomic E-state index is 12.3. The molecule has 0 spiro atoms. The van der Waals surface area contributed by atoms with Gasteiger partial charge in [0.25, 0.3) is 5.96 Å². The molecule has 0 rings (SSSR count). The Labute approximate surface area is 162 Å². The van der Waals surface area contributed by atoms with Crippen LogP contribution in [0.15, 0.2) is 4.99 Å². The summed E-state index contributed by atoms with van der Waals surface area (Å²) in [7, 11) is 1.20. The van der Waals surface area contributed by atoms with E-state index in [-0.39, 0.29) is 31.4 Å². The van der Waals surface area contributed by atoms with Crippen molar-refractivity contribution in [3.63, 3.8) is 0 Å². The van der Waals surface area contributed by atoms with E-state index < -0.39 is 34.9 Å². The molecule has 0 aromatic heterocycles. The van der Waals surface area contributed by atoms with E-state index in [1.807, 2.05) is 6.92 Å². The summed E-state index contributed by atoms with van der Waals surface area (Å²) in [5, 5.41) is 14.4. The van der Waals surface area contributed by atoms with Crippen LogP contribution >= 0.6 is 0 Å². The molecule has 28 heavy (non-hydrogen) atoms. The lowest BCUT2D eigenvalue weighted by Crippen LogP contribution is -2.54. The minimum Gasteiger partial charge on any atom is -0.468 e. The molecule has 0 aliphatic heterocycles. The molecular formula is C15H29N7O6. The molecule has 7 N–H and O–H groups in total. The zero-order valence-electron chi connectivity index (χ0n) is 16.3. The second-order valence-corrected chi connectivity index (χ2v) is 6.05. The Hall–Kier alpha value is -2.96. The van der Waals surface area contributed by atoms with Gasteiger partial charge in [0.05, 0.1) is 13.2 Å². The van der Waals surface area contributed by atoms with Gasteiger partial charge >= 0.3 is 5.97 Å². The molecule has 0 radical (unpaired) electrons. The van der Waals surface area contributed by atoms with Gasteiger partial charge in [-0.3, -0.25) is 14.4 Å². The fourth-order valence-electron chi connectivity index (χ4n) is 2.07. The number of nitrogens with zero attached hydrogens (tertiary/aromatic N) is 2. The SMILES string of the molecule is CC[C@H](C)[C@H](NC(=O)[C@@H](N)CCCN=C(N)N[N+](=O)[O-])C(=O)NCC(=O)OC. The zero-order valence-corrected chi connectivity index (χ0v) is 16.3. The highest BCUT2D eigenvalue weighted by atomic mass is 16.7. The molecule has 13 nitrogen and oxygen atoms in total. The van der Waals surface area contributed by atoms with Gasteiger partial charge in [0, 0.05) is 6.54 Å². The summed E-state index contributed by atoms with van der Waals surface area (Å²) < 4.78 is 4.46. The van der Waals surface area contributed by atoms with E-state index >= 15 is 0 Å². The predicted molar refractivity (Wildman–Crippen MR) is 100 cm³/mol. The van der Waals surface area contributed by atoms with Gasteiger partial charge < -0.3 is 26.8 Å². The molecular weight excluding hydrogens is 374 g/mol. The van der Waals surface area contributed by atoms with Crippen LogP contribution in [0, 0.1) is 16.0 Å². The minimum absolute atomic E-state index is 0.141. The summed E-state index contributed by atoms with van der Waals surface area (Å²) in [6, 6.07) is -1.76. The van der Waals surface area contributed by atoms with E-state index in [1.165, 1.54) is 7.11 Å². The van der Waals surface area contributed by atoms with Gasteiger partial charge in [0.1, 0.15) is 12.6 Å². The van der Waals surface area contributed by atoms with Crippen LogP contribution in [0.1, 0.15) is 33.1 Å². The number of amides is 2. The summed E-state index contributed by atoms with van der Waals surface area (Å²) in [5.41, 5.74) is 12.8. The van der Waals surface area contributed by atoms with Crippen molar-refractivity contribution in [1.82, 2.24) is 16.1 Å². The molecule has 160 valence electrons. The first-order valence-corrected chi connectivity index (χ1v) is 8.73. The van der Waals surface area contributed by atoms with Crippen LogP contribution in [0.4, 0.5) is 0 Å². The van der Waals surface area contributed by atoms with Crippen LogP contribution in [0.25, 0.3) is 0 Å². The lowest BCUT2D eigenvalue weighted by Gasteiger charge is -2.24. The third kappa shape index (κ3) is 10.3. The standard InChI is InChI=1S/C15H29N7O6/c1-4-9(2)12(14(25)19-8-11(23)28-3)20-13(24)10(16)6-5-7-18-15(17)21-22(26)27/h9-10,12H,4-8,16H2,1-3H3,(H,19,25)(H,20,24)(H3,17,18,21)/t9-,10-,12-/m0/s1. The molecule has 0 fully saturated rings. The second kappa shape index (κ2) is 13.2. The van der Waals surface area contributed by atoms with Crippen LogP contribution in [-0.2, 0) is 19.1 Å². The normalized spacial score (nSPS) is 14.4. The summed E-state index contributed by atoms with van der Waals surface area (Å²) in [5.74, 6) is -2.18. The third-order valence-electron chi connectivity index (χ3n) is 3.93. The number of carbonyl (C=O) groups excluding carboxylic acids is 3. The number of methoxy groups -OCH3 is 1. The number of aliphatic imine (C=N–C) groups is 1. The molecule has 0 heterocycles. The second-order valence-electron chi connectivity index (χ2n) is 6.05. The fourth-order valence-corrected chi connectivity index (χ4v) is 2.07. The van der Waals surface area contributed by atoms with Gasteiger partial charge in [-0.15, -0.1) is 0 Å². The van der Waals surface area contributed by atoms with Crippen LogP contribution in [-0.4, -0.2) is 61.1 Å². The number of hydrogen-bond donors (Lipinski definition) is 5. The maximum atomic E-state index is 12.3. The lowest BCUT2D eigenvalue weighted by atomic mass is 9.97. The maximum Gasteiger partial charge on any atom is 0.325 e. The number of rotatable bonds is 12. The number of carbonyl (C=O) groups is 3. The van der Waals surface area contributed by atoms with E-state index in [2.05, 4.69) is 20.4 Å². The van der Waals surface area contributed by atoms with Crippen molar-refractivity contribution < 1.29 is 24.2 Å². The van der Waals surface area contributed by atoms with Gasteiger partial charge in [-0.1, -0.05) is 25.7 Å². The summed E-state index contributed by atoms with van der Waals surface area (Å²) in [6.07, 6.45) is 1.21. The highest BCUT2D eigenvalue weighted by Gasteiger charge is 2.28. The molecule has 0 aromatic carbocycles. The van der Waals surface area contributed by atoms with Gasteiger partial charge in [-0.25, -0.2) is 15.1 Å². The van der Waals surface area contributed by atoms with Crippen molar-refractivity contribution in [3.8, 4) is 0 Å². The van der Waals surface area contributed by atoms with Gasteiger partial charge in [-0.2, -0.15) is 0 Å². The van der Waals surface area contributed by atoms with E-state index in [4.69, 9.17) is 11.5 Å². The van der Waals surface area contributed by atoms with E-state index in [0.717, 1.165) is 0 Å². The number of esters is 1. The molecule has 13 heteroatoms. The van der Waals surface area contributed by atoms with Crippen molar-refractivity contribution in [2.45, 2.75) is 45.2 Å². The summed E-state index contributed by atoms with van der Waals surface area (Å²) >= 11 is 0. The number of hydrazine groups is 1. The summed E-state index contributed by atoms with van der Waals surface area (Å²) in [6.45, 7) is 3.48. The zero-order chi connectivity index (χ0) is 21.7. The van der Waals surface area contributed by atoms with Crippen LogP contribution in [0.2, 0.25) is 0 Å². The number of hydrogen-bond acceptors (Lipinski definition) is 8. The molecule has 0 aliphatic carbocycles. The first-order valence-electron chi connectivity index (χ1n) is 8.73. The monoisotopic (exact) mass is 403 g/mol. The Kier molecular flexibility index (Phi) is 11.8. The summed E-state index contributed by atoms with van der Waals surface area (Å²) in [4.78, 5) is 49.6. The van der Waals surface area contributed by atoms with Crippen molar-refractivity contribution in [2.24, 2.45) is 22.4 Å². The van der Waals surface area contributed by atoms with Crippen molar-refractivity contribution >= 4 is 23.7 Å². The Morgan fingerprint density at radius 2 is 1.93 bits per heavy atom. The Morgan fingerprint density at radius 3 is 2.46 bits per heavy atom. The first-order chi connectivity index (χ1) is 13.1. The lowest BCUT2D eigenvalue weighted by molar-refractivity contribution is -0.525. The predicted octanol–water partition coefficient (Wildman–Crippen LogP) is -1.99. The average Bonchev–Trinajstić information content (AvgIpc) is 2.65. The highest BCUT2D eigenvalue weighted by molar-refractivity contribution is 5.91. The highest BCUT2D eigenvalue weighted by Crippen LogP contribution is 2.09. The topological polar surface area (TPSA) is 204 Å². The van der Waals surface area contributed by atoms with Crippen LogP contribution in [0.5, 0.6) is 0 Å². The number of ether oxygens (including phenoxy) is 1. The largest absolute Gasteiger partial charge is 0.468 e. The molecule has 0 aliphatic rings. The third-order valence-corrected chi connectivity index (χ3v) is 3.93. The Bertz CT molecular complexity index is 583. The van der Waals surface area contributed by atoms with Gasteiger partial charge in [0.2, 0.25) is 11.8 Å². The molecule has 0 bridgehead atoms. The molecule has 3 atom stereocenters. The average molecular weight is 403 g/mol. The molecule has 0 aromatic rings. The molecule has 0 unspecified atom stereocenters. The van der Waals surface area contributed by atoms with Crippen molar-refractivity contribution in [2.75, 3.05) is 20.2 Å². The van der Waals surface area contributed by atoms with Crippen molar-refractivity contribution in [1.29, 1.82) is 0 Å². The minimum atomic E-state index is -0.903. The Morgan fingerprint density at radius 1 is 1.29 bits per heavy atom. The van der Waals surface area contributed by atoms with E-state index in [1.54, 1.807) is 12.3 Å². The number of nitrogens with two attached hydrogens (primary N) is 2. The van der Waals surface area contributed by atoms with Crippen LogP contribution in [0.3, 0.4) is 0 Å². The number of nitro groups is 1. The smallest absolute Gasteiger partial charge is 0.325 e. The molecule has 0 saturated heterocycles. The van der Waals surface area contributed by atoms with E-state index in [9.17, 15) is 24.5 Å². The van der Waals surface area contributed by atoms with Crippen molar-refractivity contribution in [3.05, 3.63) is 10.1 Å². The Balaban J connectivity index is 4.61. The van der Waals surface area contributed by atoms with Gasteiger partial charge in [0.15, 0.2) is 5.03 Å². The molecule has 0 saturated carbocycles. The fraction of sp³-hybridized carbons (Fsp3) is 0.733. The van der Waals surface area contributed by atoms with E-state index in [0.29, 0.717) is 12.8 Å². The van der Waals surface area contributed by atoms with Gasteiger partial charge in [-0.05, 0) is 18.8 Å². The quantitative estimate of drug-likeness (QED) is 0.0610. The molecule has 2 amide bonds. The first kappa shape index (κ1) is 25.0. The number of nitrogens with one attached hydrogen (secondary N) is 3. The van der Waals surface area contributed by atoms with Crippen LogP contribution < -0.4 is 27.5 Å².